The third kappa shape index (κ3) is 3.76. The number of piperidine rings is 2. The summed E-state index contributed by atoms with van der Waals surface area (Å²) in [5.74, 6) is -5.12. The van der Waals surface area contributed by atoms with Crippen molar-refractivity contribution >= 4 is 29.8 Å². The van der Waals surface area contributed by atoms with Crippen LogP contribution in [0.15, 0.2) is 42.5 Å². The number of carbonyl (C=O) groups is 5. The minimum Gasteiger partial charge on any atom is -0.461 e. The van der Waals surface area contributed by atoms with Crippen molar-refractivity contribution in [2.24, 2.45) is 39.9 Å². The molecule has 10 rings (SSSR count). The Morgan fingerprint density at radius 1 is 0.900 bits per heavy atom. The van der Waals surface area contributed by atoms with Crippen LogP contribution in [0.5, 0.6) is 0 Å². The standard InChI is InChI=1S/C38H45NO11/c1-8-17(2)32(43)49-26-30(47-20(5)41)35(7)16-39-23-15-36-14-18(3)24-25(46-19(4)40)28(36)37(27(23)35,31(26)48-21(6)42)34(39)38(36,45)29(24)50-33(44)22-12-10-9-11-13-22/h9-13,17,23-31,34,45H,3,8,14-16H2,1-2,4-7H3/t17?,23-,24+,25+,26-,27+,28+,29-,30+,31+,34-,35-,36+,37-,38-/m0/s1. The van der Waals surface area contributed by atoms with Crippen molar-refractivity contribution in [3.05, 3.63) is 48.0 Å². The number of rotatable bonds is 8. The van der Waals surface area contributed by atoms with Gasteiger partial charge >= 0.3 is 29.8 Å². The summed E-state index contributed by atoms with van der Waals surface area (Å²) in [6, 6.07) is 7.63. The summed E-state index contributed by atoms with van der Waals surface area (Å²) >= 11 is 0. The van der Waals surface area contributed by atoms with E-state index in [-0.39, 0.29) is 12.0 Å². The van der Waals surface area contributed by atoms with Crippen LogP contribution >= 0.6 is 0 Å². The van der Waals surface area contributed by atoms with E-state index in [1.165, 1.54) is 20.8 Å². The fourth-order valence-electron chi connectivity index (χ4n) is 12.9. The predicted octanol–water partition coefficient (Wildman–Crippen LogP) is 2.99. The molecule has 0 amide bonds. The Balaban J connectivity index is 1.37. The quantitative estimate of drug-likeness (QED) is 0.242. The molecule has 3 aliphatic heterocycles. The van der Waals surface area contributed by atoms with Gasteiger partial charge in [-0.15, -0.1) is 0 Å². The number of hydrogen-bond donors (Lipinski definition) is 1. The fraction of sp³-hybridized carbons (Fsp3) is 0.658. The third-order valence-electron chi connectivity index (χ3n) is 13.9. The average molecular weight is 692 g/mol. The Morgan fingerprint density at radius 2 is 1.54 bits per heavy atom. The van der Waals surface area contributed by atoms with Crippen molar-refractivity contribution in [2.75, 3.05) is 6.54 Å². The van der Waals surface area contributed by atoms with Gasteiger partial charge in [0.25, 0.3) is 0 Å². The SMILES string of the molecule is C=C1C[C@@]23C[C@H]4[C@@H]5[C@]6(C)CN4[C@H]4[C@]5([C@H](OC(C)=O)[C@@H](OC(=O)C(C)CC)[C@H]6OC(C)=O)[C@@H]2[C@H](OC(C)=O)[C@@H]1[C@H](OC(=O)c1ccccc1)[C@]43O. The minimum absolute atomic E-state index is 0.144. The first kappa shape index (κ1) is 33.4. The molecule has 50 heavy (non-hydrogen) atoms. The van der Waals surface area contributed by atoms with Crippen LogP contribution < -0.4 is 0 Å². The molecule has 2 unspecified atom stereocenters. The first-order valence-electron chi connectivity index (χ1n) is 17.7. The van der Waals surface area contributed by atoms with Gasteiger partial charge in [0.05, 0.1) is 23.4 Å². The van der Waals surface area contributed by atoms with Gasteiger partial charge < -0.3 is 28.8 Å². The summed E-state index contributed by atoms with van der Waals surface area (Å²) in [6.45, 7) is 14.3. The highest BCUT2D eigenvalue weighted by atomic mass is 16.6. The Bertz CT molecular complexity index is 1710. The average Bonchev–Trinajstić information content (AvgIpc) is 3.49. The second kappa shape index (κ2) is 10.6. The molecule has 0 radical (unpaired) electrons. The number of aliphatic hydroxyl groups is 1. The molecule has 9 aliphatic rings. The number of esters is 5. The largest absolute Gasteiger partial charge is 0.461 e. The molecule has 1 N–H and O–H groups in total. The van der Waals surface area contributed by atoms with E-state index in [0.717, 1.165) is 0 Å². The number of nitrogens with zero attached hydrogens (tertiary/aromatic N) is 1. The third-order valence-corrected chi connectivity index (χ3v) is 13.9. The second-order valence-corrected chi connectivity index (χ2v) is 16.2. The lowest BCUT2D eigenvalue weighted by atomic mass is 9.38. The van der Waals surface area contributed by atoms with Gasteiger partial charge in [-0.25, -0.2) is 4.79 Å². The van der Waals surface area contributed by atoms with Crippen LogP contribution in [-0.4, -0.2) is 94.6 Å². The molecule has 3 saturated heterocycles. The number of fused-ring (bicyclic) bond motifs is 1. The smallest absolute Gasteiger partial charge is 0.338 e. The molecule has 6 aliphatic carbocycles. The molecule has 1 aromatic carbocycles. The van der Waals surface area contributed by atoms with Gasteiger partial charge in [0.2, 0.25) is 0 Å². The molecule has 9 fully saturated rings. The highest BCUT2D eigenvalue weighted by Crippen LogP contribution is 2.88. The van der Waals surface area contributed by atoms with Crippen LogP contribution in [-0.2, 0) is 42.9 Å². The van der Waals surface area contributed by atoms with Gasteiger partial charge in [-0.1, -0.05) is 51.1 Å². The van der Waals surface area contributed by atoms with Crippen molar-refractivity contribution in [1.29, 1.82) is 0 Å². The van der Waals surface area contributed by atoms with E-state index in [4.69, 9.17) is 23.7 Å². The number of hydrogen-bond acceptors (Lipinski definition) is 12. The lowest BCUT2D eigenvalue weighted by molar-refractivity contribution is -0.295. The maximum absolute atomic E-state index is 13.8. The lowest BCUT2D eigenvalue weighted by Gasteiger charge is -2.68. The Kier molecular flexibility index (Phi) is 7.10. The van der Waals surface area contributed by atoms with Crippen LogP contribution in [0, 0.1) is 39.9 Å². The Labute approximate surface area is 290 Å². The van der Waals surface area contributed by atoms with Crippen LogP contribution in [0.1, 0.15) is 71.2 Å². The van der Waals surface area contributed by atoms with E-state index in [2.05, 4.69) is 11.5 Å². The van der Waals surface area contributed by atoms with E-state index in [9.17, 15) is 29.1 Å². The molecule has 2 spiro atoms. The molecular weight excluding hydrogens is 646 g/mol. The molecule has 12 heteroatoms. The molecule has 6 saturated carbocycles. The molecule has 268 valence electrons. The summed E-state index contributed by atoms with van der Waals surface area (Å²) < 4.78 is 31.4. The maximum Gasteiger partial charge on any atom is 0.338 e. The van der Waals surface area contributed by atoms with E-state index < -0.39 is 106 Å². The van der Waals surface area contributed by atoms with E-state index in [0.29, 0.717) is 36.9 Å². The van der Waals surface area contributed by atoms with Crippen molar-refractivity contribution < 1.29 is 52.8 Å². The van der Waals surface area contributed by atoms with Crippen LogP contribution in [0.2, 0.25) is 0 Å². The van der Waals surface area contributed by atoms with Crippen molar-refractivity contribution in [1.82, 2.24) is 4.90 Å². The van der Waals surface area contributed by atoms with E-state index in [1.54, 1.807) is 37.3 Å². The van der Waals surface area contributed by atoms with Crippen LogP contribution in [0.3, 0.4) is 0 Å². The van der Waals surface area contributed by atoms with Gasteiger partial charge in [0.1, 0.15) is 23.9 Å². The highest BCUT2D eigenvalue weighted by molar-refractivity contribution is 5.89. The summed E-state index contributed by atoms with van der Waals surface area (Å²) in [5, 5.41) is 13.6. The summed E-state index contributed by atoms with van der Waals surface area (Å²) in [7, 11) is 0. The number of benzene rings is 1. The fourth-order valence-corrected chi connectivity index (χ4v) is 12.9. The zero-order valence-electron chi connectivity index (χ0n) is 29.3. The number of ether oxygens (including phenoxy) is 5. The van der Waals surface area contributed by atoms with Gasteiger partial charge in [-0.05, 0) is 37.3 Å². The van der Waals surface area contributed by atoms with Crippen molar-refractivity contribution in [2.45, 2.75) is 109 Å². The molecule has 3 heterocycles. The second-order valence-electron chi connectivity index (χ2n) is 16.2. The molecule has 16 atom stereocenters. The zero-order valence-corrected chi connectivity index (χ0v) is 29.3. The monoisotopic (exact) mass is 691 g/mol. The molecule has 0 aromatic heterocycles. The minimum atomic E-state index is -1.69. The highest BCUT2D eigenvalue weighted by Gasteiger charge is 2.99. The number of carbonyl (C=O) groups excluding carboxylic acids is 5. The summed E-state index contributed by atoms with van der Waals surface area (Å²) in [5.41, 5.74) is -3.63. The van der Waals surface area contributed by atoms with Crippen LogP contribution in [0.4, 0.5) is 0 Å². The topological polar surface area (TPSA) is 155 Å². The first-order chi connectivity index (χ1) is 23.6. The Hall–Kier alpha value is -3.77. The maximum atomic E-state index is 13.8. The van der Waals surface area contributed by atoms with Crippen molar-refractivity contribution in [3.8, 4) is 0 Å². The zero-order chi connectivity index (χ0) is 35.9. The van der Waals surface area contributed by atoms with Gasteiger partial charge in [-0.3, -0.25) is 24.1 Å². The van der Waals surface area contributed by atoms with Crippen molar-refractivity contribution in [3.63, 3.8) is 0 Å². The normalized spacial score (nSPS) is 47.0. The summed E-state index contributed by atoms with van der Waals surface area (Å²) in [4.78, 5) is 68.7. The van der Waals surface area contributed by atoms with Crippen LogP contribution in [0.25, 0.3) is 0 Å². The van der Waals surface area contributed by atoms with Gasteiger partial charge in [0, 0.05) is 55.5 Å². The molecular formula is C38H45NO11. The summed E-state index contributed by atoms with van der Waals surface area (Å²) in [6.07, 6.45) is -4.12. The lowest BCUT2D eigenvalue weighted by Crippen LogP contribution is -2.77. The Morgan fingerprint density at radius 3 is 2.16 bits per heavy atom. The molecule has 1 aromatic rings. The van der Waals surface area contributed by atoms with E-state index >= 15 is 0 Å². The predicted molar refractivity (Wildman–Crippen MR) is 173 cm³/mol. The van der Waals surface area contributed by atoms with E-state index in [1.807, 2.05) is 13.8 Å². The van der Waals surface area contributed by atoms with Gasteiger partial charge in [0.15, 0.2) is 12.2 Å². The molecule has 12 nitrogen and oxygen atoms in total. The van der Waals surface area contributed by atoms with Gasteiger partial charge in [-0.2, -0.15) is 0 Å². The molecule has 9 bridgehead atoms. The first-order valence-corrected chi connectivity index (χ1v) is 17.7.